The molecule has 5 nitrogen and oxygen atoms in total. The number of nitrogens with one attached hydrogen (secondary N) is 1. The third-order valence-corrected chi connectivity index (χ3v) is 3.93. The number of anilines is 1. The highest BCUT2D eigenvalue weighted by Crippen LogP contribution is 2.36. The van der Waals surface area contributed by atoms with Gasteiger partial charge in [-0.3, -0.25) is 4.79 Å². The Morgan fingerprint density at radius 1 is 1.17 bits per heavy atom. The molecule has 2 aromatic rings. The number of ether oxygens (including phenoxy) is 2. The molecule has 8 heteroatoms. The maximum absolute atomic E-state index is 12.0. The first-order valence-corrected chi connectivity index (χ1v) is 7.73. The van der Waals surface area contributed by atoms with Crippen molar-refractivity contribution in [2.75, 3.05) is 19.0 Å². The van der Waals surface area contributed by atoms with Gasteiger partial charge in [-0.05, 0) is 24.3 Å². The molecule has 0 saturated heterocycles. The van der Waals surface area contributed by atoms with E-state index in [1.54, 1.807) is 12.1 Å². The summed E-state index contributed by atoms with van der Waals surface area (Å²) >= 11 is 17.8. The minimum Gasteiger partial charge on any atom is -0.493 e. The van der Waals surface area contributed by atoms with E-state index in [4.69, 9.17) is 49.5 Å². The second-order valence-electron chi connectivity index (χ2n) is 4.57. The van der Waals surface area contributed by atoms with Crippen LogP contribution in [0.25, 0.3) is 0 Å². The average molecular weight is 386 g/mol. The lowest BCUT2D eigenvalue weighted by atomic mass is 10.2. The van der Waals surface area contributed by atoms with Crippen LogP contribution in [0.4, 0.5) is 5.69 Å². The van der Waals surface area contributed by atoms with Gasteiger partial charge >= 0.3 is 0 Å². The molecule has 0 aromatic heterocycles. The molecule has 2 aromatic carbocycles. The molecule has 2 rings (SSSR count). The van der Waals surface area contributed by atoms with Crippen LogP contribution < -0.4 is 14.8 Å². The zero-order valence-corrected chi connectivity index (χ0v) is 14.7. The van der Waals surface area contributed by atoms with E-state index < -0.39 is 5.91 Å². The van der Waals surface area contributed by atoms with E-state index in [2.05, 4.69) is 5.32 Å². The standard InChI is InChI=1S/C16H11Cl3N2O3/c1-23-14-5-9(7-20)4-13(19)16(14)24-8-15(22)21-10-2-3-11(17)12(18)6-10/h2-6H,8H2,1H3,(H,21,22). The van der Waals surface area contributed by atoms with E-state index in [1.165, 1.54) is 25.3 Å². The van der Waals surface area contributed by atoms with Crippen molar-refractivity contribution in [1.29, 1.82) is 5.26 Å². The van der Waals surface area contributed by atoms with E-state index in [0.29, 0.717) is 21.3 Å². The minimum absolute atomic E-state index is 0.174. The normalized spacial score (nSPS) is 9.96. The molecular formula is C16H11Cl3N2O3. The summed E-state index contributed by atoms with van der Waals surface area (Å²) in [6.07, 6.45) is 0. The molecular weight excluding hydrogens is 375 g/mol. The molecule has 0 radical (unpaired) electrons. The maximum atomic E-state index is 12.0. The molecule has 0 aliphatic heterocycles. The van der Waals surface area contributed by atoms with Gasteiger partial charge in [0.15, 0.2) is 18.1 Å². The summed E-state index contributed by atoms with van der Waals surface area (Å²) in [6, 6.07) is 9.56. The Kier molecular flexibility index (Phi) is 6.16. The molecule has 1 N–H and O–H groups in total. The van der Waals surface area contributed by atoms with Gasteiger partial charge in [-0.2, -0.15) is 5.26 Å². The SMILES string of the molecule is COc1cc(C#N)cc(Cl)c1OCC(=O)Nc1ccc(Cl)c(Cl)c1. The van der Waals surface area contributed by atoms with Crippen molar-refractivity contribution in [3.8, 4) is 17.6 Å². The Morgan fingerprint density at radius 2 is 1.92 bits per heavy atom. The van der Waals surface area contributed by atoms with Gasteiger partial charge in [0.2, 0.25) is 0 Å². The molecule has 0 spiro atoms. The van der Waals surface area contributed by atoms with Gasteiger partial charge in [0.25, 0.3) is 5.91 Å². The van der Waals surface area contributed by atoms with Crippen molar-refractivity contribution in [2.24, 2.45) is 0 Å². The number of nitrogens with zero attached hydrogens (tertiary/aromatic N) is 1. The number of amides is 1. The van der Waals surface area contributed by atoms with E-state index in [0.717, 1.165) is 0 Å². The first kappa shape index (κ1) is 18.2. The third kappa shape index (κ3) is 4.45. The van der Waals surface area contributed by atoms with Crippen LogP contribution in [0.3, 0.4) is 0 Å². The van der Waals surface area contributed by atoms with Gasteiger partial charge in [0.1, 0.15) is 0 Å². The summed E-state index contributed by atoms with van der Waals surface area (Å²) in [6.45, 7) is -0.303. The lowest BCUT2D eigenvalue weighted by Crippen LogP contribution is -2.20. The van der Waals surface area contributed by atoms with Crippen molar-refractivity contribution in [3.63, 3.8) is 0 Å². The van der Waals surface area contributed by atoms with Gasteiger partial charge in [-0.25, -0.2) is 0 Å². The first-order valence-electron chi connectivity index (χ1n) is 6.60. The number of rotatable bonds is 5. The molecule has 0 unspecified atom stereocenters. The summed E-state index contributed by atoms with van der Waals surface area (Å²) in [5.41, 5.74) is 0.806. The highest BCUT2D eigenvalue weighted by Gasteiger charge is 2.14. The van der Waals surface area contributed by atoms with E-state index >= 15 is 0 Å². The van der Waals surface area contributed by atoms with Crippen molar-refractivity contribution >= 4 is 46.4 Å². The Balaban J connectivity index is 2.06. The van der Waals surface area contributed by atoms with Crippen LogP contribution in [0.2, 0.25) is 15.1 Å². The van der Waals surface area contributed by atoms with Crippen LogP contribution in [-0.4, -0.2) is 19.6 Å². The number of carbonyl (C=O) groups excluding carboxylic acids is 1. The fourth-order valence-corrected chi connectivity index (χ4v) is 2.40. The predicted molar refractivity (Wildman–Crippen MR) is 93.3 cm³/mol. The Hall–Kier alpha value is -2.13. The second kappa shape index (κ2) is 8.11. The molecule has 24 heavy (non-hydrogen) atoms. The zero-order chi connectivity index (χ0) is 17.7. The molecule has 0 aliphatic carbocycles. The number of hydrogen-bond donors (Lipinski definition) is 1. The van der Waals surface area contributed by atoms with Gasteiger partial charge in [0.05, 0.1) is 33.8 Å². The lowest BCUT2D eigenvalue weighted by molar-refractivity contribution is -0.118. The number of nitriles is 1. The van der Waals surface area contributed by atoms with Gasteiger partial charge < -0.3 is 14.8 Å². The fraction of sp³-hybridized carbons (Fsp3) is 0.125. The molecule has 1 amide bonds. The van der Waals surface area contributed by atoms with E-state index in [1.807, 2.05) is 6.07 Å². The highest BCUT2D eigenvalue weighted by molar-refractivity contribution is 6.42. The zero-order valence-electron chi connectivity index (χ0n) is 12.4. The smallest absolute Gasteiger partial charge is 0.262 e. The van der Waals surface area contributed by atoms with Crippen molar-refractivity contribution in [2.45, 2.75) is 0 Å². The number of benzene rings is 2. The first-order chi connectivity index (χ1) is 11.4. The monoisotopic (exact) mass is 384 g/mol. The largest absolute Gasteiger partial charge is 0.493 e. The molecule has 0 bridgehead atoms. The van der Waals surface area contributed by atoms with Crippen LogP contribution in [0.5, 0.6) is 11.5 Å². The molecule has 0 saturated carbocycles. The molecule has 124 valence electrons. The Morgan fingerprint density at radius 3 is 2.54 bits per heavy atom. The second-order valence-corrected chi connectivity index (χ2v) is 5.79. The molecule has 0 atom stereocenters. The summed E-state index contributed by atoms with van der Waals surface area (Å²) < 4.78 is 10.5. The lowest BCUT2D eigenvalue weighted by Gasteiger charge is -2.13. The maximum Gasteiger partial charge on any atom is 0.262 e. The minimum atomic E-state index is -0.420. The van der Waals surface area contributed by atoms with Crippen LogP contribution in [-0.2, 0) is 4.79 Å². The number of hydrogen-bond acceptors (Lipinski definition) is 4. The predicted octanol–water partition coefficient (Wildman–Crippen LogP) is 4.54. The van der Waals surface area contributed by atoms with Crippen LogP contribution in [0.15, 0.2) is 30.3 Å². The number of methoxy groups -OCH3 is 1. The third-order valence-electron chi connectivity index (χ3n) is 2.91. The topological polar surface area (TPSA) is 71.3 Å². The summed E-state index contributed by atoms with van der Waals surface area (Å²) in [7, 11) is 1.41. The number of halogens is 3. The molecule has 0 fully saturated rings. The summed E-state index contributed by atoms with van der Waals surface area (Å²) in [4.78, 5) is 12.0. The van der Waals surface area contributed by atoms with Crippen LogP contribution in [0, 0.1) is 11.3 Å². The summed E-state index contributed by atoms with van der Waals surface area (Å²) in [5, 5.41) is 12.4. The van der Waals surface area contributed by atoms with Crippen LogP contribution >= 0.6 is 34.8 Å². The summed E-state index contributed by atoms with van der Waals surface area (Å²) in [5.74, 6) is 0.0275. The molecule has 0 heterocycles. The van der Waals surface area contributed by atoms with Crippen molar-refractivity contribution in [1.82, 2.24) is 0 Å². The fourth-order valence-electron chi connectivity index (χ4n) is 1.83. The van der Waals surface area contributed by atoms with Crippen LogP contribution in [0.1, 0.15) is 5.56 Å². The van der Waals surface area contributed by atoms with Crippen molar-refractivity contribution in [3.05, 3.63) is 51.0 Å². The van der Waals surface area contributed by atoms with E-state index in [9.17, 15) is 4.79 Å². The highest BCUT2D eigenvalue weighted by atomic mass is 35.5. The van der Waals surface area contributed by atoms with Crippen molar-refractivity contribution < 1.29 is 14.3 Å². The van der Waals surface area contributed by atoms with Gasteiger partial charge in [0, 0.05) is 11.8 Å². The Labute approximate surface area is 153 Å². The Bertz CT molecular complexity index is 819. The quantitative estimate of drug-likeness (QED) is 0.820. The number of carbonyl (C=O) groups is 1. The van der Waals surface area contributed by atoms with Gasteiger partial charge in [-0.1, -0.05) is 34.8 Å². The molecule has 0 aliphatic rings. The average Bonchev–Trinajstić information content (AvgIpc) is 2.56. The van der Waals surface area contributed by atoms with Gasteiger partial charge in [-0.15, -0.1) is 0 Å². The van der Waals surface area contributed by atoms with E-state index in [-0.39, 0.29) is 23.1 Å².